The molecule has 0 spiro atoms. The monoisotopic (exact) mass is 359 g/mol. The van der Waals surface area contributed by atoms with Gasteiger partial charge < -0.3 is 32.9 Å². The van der Waals surface area contributed by atoms with E-state index >= 15 is 0 Å². The maximum atomic E-state index is 12.4. The molecule has 0 aliphatic heterocycles. The molecule has 0 rings (SSSR count). The van der Waals surface area contributed by atoms with Gasteiger partial charge in [0.25, 0.3) is 0 Å². The highest BCUT2D eigenvalue weighted by Gasteiger charge is 2.30. The van der Waals surface area contributed by atoms with Crippen LogP contribution in [0.4, 0.5) is 0 Å². The molecule has 0 aliphatic rings. The molecule has 3 amide bonds. The van der Waals surface area contributed by atoms with Crippen molar-refractivity contribution in [3.63, 3.8) is 0 Å². The summed E-state index contributed by atoms with van der Waals surface area (Å²) in [6, 6.07) is -3.23. The maximum absolute atomic E-state index is 12.4. The minimum absolute atomic E-state index is 0.234. The summed E-state index contributed by atoms with van der Waals surface area (Å²) in [5.41, 5.74) is 15.9. The number of carboxylic acid groups (broad SMARTS) is 1. The maximum Gasteiger partial charge on any atom is 0.326 e. The van der Waals surface area contributed by atoms with Crippen molar-refractivity contribution in [1.82, 2.24) is 10.6 Å². The number of hydrogen-bond donors (Lipinski definition) is 6. The number of carbonyl (C=O) groups excluding carboxylic acids is 3. The first-order valence-electron chi connectivity index (χ1n) is 8.17. The lowest BCUT2D eigenvalue weighted by atomic mass is 10.0. The number of rotatable bonds is 12. The normalized spacial score (nSPS) is 14.4. The Morgan fingerprint density at radius 3 is 2.08 bits per heavy atom. The Morgan fingerprint density at radius 2 is 1.64 bits per heavy atom. The number of carbonyl (C=O) groups is 4. The lowest BCUT2D eigenvalue weighted by Gasteiger charge is -2.25. The second-order valence-corrected chi connectivity index (χ2v) is 6.19. The van der Waals surface area contributed by atoms with Crippen LogP contribution in [0.25, 0.3) is 0 Å². The van der Waals surface area contributed by atoms with E-state index in [0.717, 1.165) is 0 Å². The number of aliphatic carboxylic acids is 1. The van der Waals surface area contributed by atoms with E-state index in [4.69, 9.17) is 17.2 Å². The van der Waals surface area contributed by atoms with Gasteiger partial charge in [0.2, 0.25) is 17.7 Å². The van der Waals surface area contributed by atoms with E-state index in [0.29, 0.717) is 19.4 Å². The van der Waals surface area contributed by atoms with Gasteiger partial charge in [-0.05, 0) is 31.7 Å². The van der Waals surface area contributed by atoms with Crippen molar-refractivity contribution >= 4 is 23.7 Å². The Balaban J connectivity index is 4.88. The summed E-state index contributed by atoms with van der Waals surface area (Å²) >= 11 is 0. The van der Waals surface area contributed by atoms with Crippen molar-refractivity contribution in [2.45, 2.75) is 57.7 Å². The predicted octanol–water partition coefficient (Wildman–Crippen LogP) is -1.97. The van der Waals surface area contributed by atoms with E-state index in [9.17, 15) is 24.3 Å². The van der Waals surface area contributed by atoms with Crippen LogP contribution in [-0.4, -0.2) is 53.5 Å². The number of nitrogens with two attached hydrogens (primary N) is 3. The highest BCUT2D eigenvalue weighted by Crippen LogP contribution is 2.06. The number of carboxylic acids is 1. The third-order valence-corrected chi connectivity index (χ3v) is 3.57. The van der Waals surface area contributed by atoms with Gasteiger partial charge in [0.05, 0.1) is 12.5 Å². The Hall–Kier alpha value is -2.20. The summed E-state index contributed by atoms with van der Waals surface area (Å²) in [6.45, 7) is 3.81. The van der Waals surface area contributed by atoms with Crippen LogP contribution in [0.3, 0.4) is 0 Å². The predicted molar refractivity (Wildman–Crippen MR) is 91.0 cm³/mol. The fourth-order valence-electron chi connectivity index (χ4n) is 2.12. The zero-order valence-corrected chi connectivity index (χ0v) is 14.7. The summed E-state index contributed by atoms with van der Waals surface area (Å²) in [6.07, 6.45) is 1.08. The van der Waals surface area contributed by atoms with Gasteiger partial charge in [0, 0.05) is 0 Å². The molecule has 0 radical (unpaired) electrons. The Kier molecular flexibility index (Phi) is 10.4. The molecule has 144 valence electrons. The lowest BCUT2D eigenvalue weighted by Crippen LogP contribution is -2.56. The van der Waals surface area contributed by atoms with E-state index < -0.39 is 41.8 Å². The van der Waals surface area contributed by atoms with Gasteiger partial charge in [-0.3, -0.25) is 14.4 Å². The Labute approximate surface area is 146 Å². The van der Waals surface area contributed by atoms with Crippen molar-refractivity contribution in [2.24, 2.45) is 23.1 Å². The first kappa shape index (κ1) is 22.8. The third-order valence-electron chi connectivity index (χ3n) is 3.57. The molecular formula is C15H29N5O5. The molecule has 0 aromatic heterocycles. The smallest absolute Gasteiger partial charge is 0.326 e. The van der Waals surface area contributed by atoms with Crippen molar-refractivity contribution in [3.8, 4) is 0 Å². The van der Waals surface area contributed by atoms with Gasteiger partial charge in [-0.15, -0.1) is 0 Å². The molecule has 0 saturated heterocycles. The molecule has 0 fully saturated rings. The molecule has 0 saturated carbocycles. The van der Waals surface area contributed by atoms with E-state index in [1.165, 1.54) is 0 Å². The molecule has 3 atom stereocenters. The van der Waals surface area contributed by atoms with Crippen molar-refractivity contribution in [2.75, 3.05) is 6.54 Å². The summed E-state index contributed by atoms with van der Waals surface area (Å²) < 4.78 is 0. The van der Waals surface area contributed by atoms with Crippen molar-refractivity contribution in [1.29, 1.82) is 0 Å². The molecule has 0 bridgehead atoms. The number of hydrogen-bond acceptors (Lipinski definition) is 6. The molecule has 25 heavy (non-hydrogen) atoms. The second-order valence-electron chi connectivity index (χ2n) is 6.19. The molecule has 0 aromatic rings. The summed E-state index contributed by atoms with van der Waals surface area (Å²) in [5, 5.41) is 14.1. The molecule has 0 aromatic carbocycles. The van der Waals surface area contributed by atoms with Crippen LogP contribution >= 0.6 is 0 Å². The zero-order chi connectivity index (χ0) is 19.6. The van der Waals surface area contributed by atoms with Gasteiger partial charge in [0.1, 0.15) is 12.1 Å². The molecule has 0 aliphatic carbocycles. The van der Waals surface area contributed by atoms with E-state index in [2.05, 4.69) is 10.6 Å². The fraction of sp³-hybridized carbons (Fsp3) is 0.733. The molecule has 10 nitrogen and oxygen atoms in total. The van der Waals surface area contributed by atoms with Gasteiger partial charge in [-0.1, -0.05) is 13.8 Å². The van der Waals surface area contributed by atoms with Crippen LogP contribution < -0.4 is 27.8 Å². The fourth-order valence-corrected chi connectivity index (χ4v) is 2.12. The molecule has 9 N–H and O–H groups in total. The minimum Gasteiger partial charge on any atom is -0.480 e. The number of amides is 3. The topological polar surface area (TPSA) is 191 Å². The first-order chi connectivity index (χ1) is 11.6. The Morgan fingerprint density at radius 1 is 1.04 bits per heavy atom. The SMILES string of the molecule is CC(C)[C@H](NC(=O)[C@@H](N)CC(N)=O)C(=O)N[C@@H](CCCCN)C(=O)O. The molecular weight excluding hydrogens is 330 g/mol. The second kappa shape index (κ2) is 11.4. The van der Waals surface area contributed by atoms with Crippen molar-refractivity contribution in [3.05, 3.63) is 0 Å². The average molecular weight is 359 g/mol. The van der Waals surface area contributed by atoms with E-state index in [1.807, 2.05) is 0 Å². The largest absolute Gasteiger partial charge is 0.480 e. The highest BCUT2D eigenvalue weighted by molar-refractivity contribution is 5.93. The van der Waals surface area contributed by atoms with Gasteiger partial charge in [-0.25, -0.2) is 4.79 Å². The van der Waals surface area contributed by atoms with Crippen LogP contribution in [0, 0.1) is 5.92 Å². The van der Waals surface area contributed by atoms with Crippen LogP contribution in [0.1, 0.15) is 39.5 Å². The lowest BCUT2D eigenvalue weighted by molar-refractivity contribution is -0.142. The van der Waals surface area contributed by atoms with E-state index in [-0.39, 0.29) is 18.8 Å². The van der Waals surface area contributed by atoms with Gasteiger partial charge >= 0.3 is 5.97 Å². The molecule has 10 heteroatoms. The van der Waals surface area contributed by atoms with Gasteiger partial charge in [0.15, 0.2) is 0 Å². The zero-order valence-electron chi connectivity index (χ0n) is 14.7. The van der Waals surface area contributed by atoms with Crippen LogP contribution in [0.2, 0.25) is 0 Å². The quantitative estimate of drug-likeness (QED) is 0.218. The minimum atomic E-state index is -1.17. The average Bonchev–Trinajstić information content (AvgIpc) is 2.50. The van der Waals surface area contributed by atoms with E-state index in [1.54, 1.807) is 13.8 Å². The summed E-state index contributed by atoms with van der Waals surface area (Å²) in [7, 11) is 0. The Bertz CT molecular complexity index is 483. The summed E-state index contributed by atoms with van der Waals surface area (Å²) in [4.78, 5) is 46.4. The number of unbranched alkanes of at least 4 members (excludes halogenated alkanes) is 1. The van der Waals surface area contributed by atoms with Crippen LogP contribution in [0.15, 0.2) is 0 Å². The molecule has 0 heterocycles. The van der Waals surface area contributed by atoms with Crippen LogP contribution in [-0.2, 0) is 19.2 Å². The highest BCUT2D eigenvalue weighted by atomic mass is 16.4. The van der Waals surface area contributed by atoms with Gasteiger partial charge in [-0.2, -0.15) is 0 Å². The summed E-state index contributed by atoms with van der Waals surface area (Å²) in [5.74, 6) is -3.55. The number of primary amides is 1. The first-order valence-corrected chi connectivity index (χ1v) is 8.17. The third kappa shape index (κ3) is 9.01. The molecule has 0 unspecified atom stereocenters. The number of nitrogens with one attached hydrogen (secondary N) is 2. The van der Waals surface area contributed by atoms with Crippen LogP contribution in [0.5, 0.6) is 0 Å². The standard InChI is InChI=1S/C15H29N5O5/c1-8(2)12(20-13(22)9(17)7-11(18)21)14(23)19-10(15(24)25)5-3-4-6-16/h8-10,12H,3-7,16-17H2,1-2H3,(H2,18,21)(H,19,23)(H,20,22)(H,24,25)/t9-,10-,12-/m0/s1. The van der Waals surface area contributed by atoms with Crippen molar-refractivity contribution < 1.29 is 24.3 Å².